The third kappa shape index (κ3) is 1.53. The zero-order valence-electron chi connectivity index (χ0n) is 9.78. The second-order valence-corrected chi connectivity index (χ2v) is 5.28. The molecule has 0 atom stereocenters. The van der Waals surface area contributed by atoms with E-state index in [2.05, 4.69) is 4.98 Å². The highest BCUT2D eigenvalue weighted by molar-refractivity contribution is 6.35. The first-order valence-corrected chi connectivity index (χ1v) is 5.43. The fourth-order valence-corrected chi connectivity index (χ4v) is 1.94. The van der Waals surface area contributed by atoms with Gasteiger partial charge in [0.1, 0.15) is 11.0 Å². The minimum absolute atomic E-state index is 0.113. The highest BCUT2D eigenvalue weighted by Crippen LogP contribution is 2.26. The van der Waals surface area contributed by atoms with Crippen LogP contribution in [0.4, 0.5) is 0 Å². The van der Waals surface area contributed by atoms with Crippen molar-refractivity contribution < 1.29 is 0 Å². The molecule has 0 unspecified atom stereocenters. The summed E-state index contributed by atoms with van der Waals surface area (Å²) in [7, 11) is 1.67. The highest BCUT2D eigenvalue weighted by atomic mass is 35.5. The van der Waals surface area contributed by atoms with E-state index in [0.29, 0.717) is 16.1 Å². The van der Waals surface area contributed by atoms with E-state index < -0.39 is 0 Å². The van der Waals surface area contributed by atoms with E-state index in [4.69, 9.17) is 11.6 Å². The molecule has 0 spiro atoms. The molecule has 16 heavy (non-hydrogen) atoms. The van der Waals surface area contributed by atoms with Gasteiger partial charge in [-0.05, 0) is 20.8 Å². The lowest BCUT2D eigenvalue weighted by Crippen LogP contribution is -2.23. The van der Waals surface area contributed by atoms with E-state index in [1.54, 1.807) is 13.2 Å². The Morgan fingerprint density at radius 1 is 1.38 bits per heavy atom. The van der Waals surface area contributed by atoms with Gasteiger partial charge in [0, 0.05) is 18.8 Å². The molecule has 0 bridgehead atoms. The standard InChI is InChI=1S/C11H14ClN3O/c1-11(2,3)15-5-7(12)8-9(15)13-6-14(4)10(8)16/h5-6H,1-4H3. The quantitative estimate of drug-likeness (QED) is 0.707. The number of aromatic nitrogens is 3. The number of hydrogen-bond acceptors (Lipinski definition) is 2. The smallest absolute Gasteiger partial charge is 0.264 e. The highest BCUT2D eigenvalue weighted by Gasteiger charge is 2.20. The van der Waals surface area contributed by atoms with Crippen LogP contribution in [0, 0.1) is 0 Å². The van der Waals surface area contributed by atoms with Crippen LogP contribution in [-0.4, -0.2) is 14.1 Å². The van der Waals surface area contributed by atoms with Crippen molar-refractivity contribution in [3.63, 3.8) is 0 Å². The Bertz CT molecular complexity index is 604. The van der Waals surface area contributed by atoms with Crippen molar-refractivity contribution in [1.29, 1.82) is 0 Å². The van der Waals surface area contributed by atoms with Crippen molar-refractivity contribution in [2.75, 3.05) is 0 Å². The summed E-state index contributed by atoms with van der Waals surface area (Å²) in [5.74, 6) is 0. The van der Waals surface area contributed by atoms with Gasteiger partial charge in [0.15, 0.2) is 0 Å². The Morgan fingerprint density at radius 2 is 2.00 bits per heavy atom. The first kappa shape index (κ1) is 11.2. The molecule has 0 saturated heterocycles. The average molecular weight is 240 g/mol. The number of aryl methyl sites for hydroxylation is 1. The molecule has 2 rings (SSSR count). The van der Waals surface area contributed by atoms with E-state index in [-0.39, 0.29) is 11.1 Å². The number of rotatable bonds is 0. The van der Waals surface area contributed by atoms with Crippen LogP contribution in [-0.2, 0) is 12.6 Å². The van der Waals surface area contributed by atoms with Gasteiger partial charge in [-0.25, -0.2) is 4.98 Å². The molecule has 4 nitrogen and oxygen atoms in total. The van der Waals surface area contributed by atoms with Crippen molar-refractivity contribution >= 4 is 22.6 Å². The van der Waals surface area contributed by atoms with E-state index in [1.165, 1.54) is 10.9 Å². The molecule has 0 fully saturated rings. The first-order chi connectivity index (χ1) is 7.32. The maximum atomic E-state index is 11.9. The molecule has 0 radical (unpaired) electrons. The molecular weight excluding hydrogens is 226 g/mol. The van der Waals surface area contributed by atoms with Crippen LogP contribution in [0.5, 0.6) is 0 Å². The molecule has 0 saturated carbocycles. The lowest BCUT2D eigenvalue weighted by molar-refractivity contribution is 0.408. The van der Waals surface area contributed by atoms with Crippen molar-refractivity contribution in [2.45, 2.75) is 26.3 Å². The van der Waals surface area contributed by atoms with Gasteiger partial charge < -0.3 is 9.13 Å². The number of fused-ring (bicyclic) bond motifs is 1. The summed E-state index contributed by atoms with van der Waals surface area (Å²) < 4.78 is 3.35. The van der Waals surface area contributed by atoms with Gasteiger partial charge in [0.05, 0.1) is 11.3 Å². The zero-order chi connectivity index (χ0) is 12.1. The summed E-state index contributed by atoms with van der Waals surface area (Å²) >= 11 is 6.09. The van der Waals surface area contributed by atoms with Gasteiger partial charge in [0.25, 0.3) is 5.56 Å². The van der Waals surface area contributed by atoms with Crippen LogP contribution < -0.4 is 5.56 Å². The molecule has 0 aromatic carbocycles. The molecule has 0 aliphatic heterocycles. The van der Waals surface area contributed by atoms with E-state index in [1.807, 2.05) is 25.3 Å². The first-order valence-electron chi connectivity index (χ1n) is 5.05. The second kappa shape index (κ2) is 3.35. The molecule has 0 aliphatic rings. The van der Waals surface area contributed by atoms with Crippen LogP contribution >= 0.6 is 11.6 Å². The van der Waals surface area contributed by atoms with E-state index in [9.17, 15) is 4.79 Å². The summed E-state index contributed by atoms with van der Waals surface area (Å²) in [6.45, 7) is 6.13. The van der Waals surface area contributed by atoms with E-state index >= 15 is 0 Å². The lowest BCUT2D eigenvalue weighted by atomic mass is 10.1. The Hall–Kier alpha value is -1.29. The van der Waals surface area contributed by atoms with Crippen LogP contribution in [0.1, 0.15) is 20.8 Å². The van der Waals surface area contributed by atoms with Crippen LogP contribution in [0.15, 0.2) is 17.3 Å². The fraction of sp³-hybridized carbons (Fsp3) is 0.455. The maximum Gasteiger partial charge on any atom is 0.264 e. The Balaban J connectivity index is 2.94. The predicted octanol–water partition coefficient (Wildman–Crippen LogP) is 2.14. The molecule has 2 aromatic heterocycles. The monoisotopic (exact) mass is 239 g/mol. The number of hydrogen-bond donors (Lipinski definition) is 0. The van der Waals surface area contributed by atoms with Crippen LogP contribution in [0.25, 0.3) is 11.0 Å². The van der Waals surface area contributed by atoms with Crippen molar-refractivity contribution in [1.82, 2.24) is 14.1 Å². The number of halogens is 1. The molecule has 5 heteroatoms. The zero-order valence-corrected chi connectivity index (χ0v) is 10.5. The minimum atomic E-state index is -0.148. The van der Waals surface area contributed by atoms with Crippen LogP contribution in [0.3, 0.4) is 0 Å². The predicted molar refractivity (Wildman–Crippen MR) is 65.0 cm³/mol. The molecule has 2 heterocycles. The largest absolute Gasteiger partial charge is 0.325 e. The molecular formula is C11H14ClN3O. The third-order valence-corrected chi connectivity index (χ3v) is 2.83. The second-order valence-electron chi connectivity index (χ2n) is 4.88. The fourth-order valence-electron chi connectivity index (χ4n) is 1.67. The van der Waals surface area contributed by atoms with Gasteiger partial charge >= 0.3 is 0 Å². The third-order valence-electron chi connectivity index (χ3n) is 2.54. The summed E-state index contributed by atoms with van der Waals surface area (Å²) in [5.41, 5.74) is 0.378. The molecule has 0 N–H and O–H groups in total. The van der Waals surface area contributed by atoms with Crippen LogP contribution in [0.2, 0.25) is 5.02 Å². The van der Waals surface area contributed by atoms with Gasteiger partial charge in [-0.15, -0.1) is 0 Å². The summed E-state index contributed by atoms with van der Waals surface area (Å²) in [4.78, 5) is 16.2. The van der Waals surface area contributed by atoms with Gasteiger partial charge in [-0.3, -0.25) is 4.79 Å². The Labute approximate surface area is 98.5 Å². The van der Waals surface area contributed by atoms with Crippen molar-refractivity contribution in [2.24, 2.45) is 7.05 Å². The van der Waals surface area contributed by atoms with Gasteiger partial charge in [0.2, 0.25) is 0 Å². The van der Waals surface area contributed by atoms with Crippen molar-refractivity contribution in [3.05, 3.63) is 27.9 Å². The molecule has 2 aromatic rings. The lowest BCUT2D eigenvalue weighted by Gasteiger charge is -2.21. The molecule has 0 aliphatic carbocycles. The minimum Gasteiger partial charge on any atom is -0.325 e. The SMILES string of the molecule is Cn1cnc2c(c(Cl)cn2C(C)(C)C)c1=O. The summed E-state index contributed by atoms with van der Waals surface area (Å²) in [6.07, 6.45) is 3.28. The molecule has 86 valence electrons. The van der Waals surface area contributed by atoms with Crippen molar-refractivity contribution in [3.8, 4) is 0 Å². The maximum absolute atomic E-state index is 11.9. The topological polar surface area (TPSA) is 39.8 Å². The van der Waals surface area contributed by atoms with Gasteiger partial charge in [-0.1, -0.05) is 11.6 Å². The van der Waals surface area contributed by atoms with Gasteiger partial charge in [-0.2, -0.15) is 0 Å². The Morgan fingerprint density at radius 3 is 2.56 bits per heavy atom. The molecule has 0 amide bonds. The number of nitrogens with zero attached hydrogens (tertiary/aromatic N) is 3. The average Bonchev–Trinajstić information content (AvgIpc) is 2.50. The normalized spacial score (nSPS) is 12.3. The Kier molecular flexibility index (Phi) is 2.35. The van der Waals surface area contributed by atoms with E-state index in [0.717, 1.165) is 0 Å². The summed E-state index contributed by atoms with van der Waals surface area (Å²) in [6, 6.07) is 0. The summed E-state index contributed by atoms with van der Waals surface area (Å²) in [5, 5.41) is 0.945.